The first-order valence-electron chi connectivity index (χ1n) is 7.98. The number of amides is 1. The summed E-state index contributed by atoms with van der Waals surface area (Å²) in [5.41, 5.74) is -0.122. The van der Waals surface area contributed by atoms with E-state index in [1.54, 1.807) is 24.3 Å². The molecule has 0 saturated carbocycles. The molecule has 1 aliphatic rings. The number of furan rings is 1. The van der Waals surface area contributed by atoms with Crippen LogP contribution in [-0.2, 0) is 11.3 Å². The van der Waals surface area contributed by atoms with E-state index in [-0.39, 0.29) is 35.8 Å². The number of nitro groups is 1. The number of carbonyl (C=O) groups is 1. The molecular weight excluding hydrogens is 328 g/mol. The summed E-state index contributed by atoms with van der Waals surface area (Å²) in [5, 5.41) is 13.7. The van der Waals surface area contributed by atoms with E-state index in [0.29, 0.717) is 12.3 Å². The van der Waals surface area contributed by atoms with Gasteiger partial charge in [0.1, 0.15) is 12.4 Å². The van der Waals surface area contributed by atoms with E-state index in [4.69, 9.17) is 13.9 Å². The summed E-state index contributed by atoms with van der Waals surface area (Å²) < 4.78 is 16.3. The number of hydrogen-bond acceptors (Lipinski definition) is 6. The largest absolute Gasteiger partial charge is 0.479 e. The van der Waals surface area contributed by atoms with Crippen molar-refractivity contribution in [3.8, 4) is 5.75 Å². The van der Waals surface area contributed by atoms with E-state index in [1.165, 1.54) is 12.1 Å². The van der Waals surface area contributed by atoms with E-state index in [1.807, 2.05) is 0 Å². The van der Waals surface area contributed by atoms with Crippen LogP contribution in [-0.4, -0.2) is 30.1 Å². The van der Waals surface area contributed by atoms with Gasteiger partial charge in [0.05, 0.1) is 11.0 Å². The molecule has 0 aliphatic carbocycles. The Balaban J connectivity index is 1.54. The van der Waals surface area contributed by atoms with Gasteiger partial charge in [-0.05, 0) is 31.0 Å². The molecule has 1 N–H and O–H groups in total. The van der Waals surface area contributed by atoms with Gasteiger partial charge in [-0.3, -0.25) is 14.9 Å². The third-order valence-electron chi connectivity index (χ3n) is 3.83. The van der Waals surface area contributed by atoms with Gasteiger partial charge in [-0.15, -0.1) is 0 Å². The zero-order chi connectivity index (χ0) is 17.6. The average Bonchev–Trinajstić information content (AvgIpc) is 3.30. The van der Waals surface area contributed by atoms with Crippen LogP contribution >= 0.6 is 0 Å². The molecule has 0 radical (unpaired) electrons. The van der Waals surface area contributed by atoms with Gasteiger partial charge in [-0.25, -0.2) is 0 Å². The van der Waals surface area contributed by atoms with Crippen molar-refractivity contribution in [1.29, 1.82) is 0 Å². The molecule has 8 heteroatoms. The Morgan fingerprint density at radius 3 is 2.92 bits per heavy atom. The molecule has 1 aromatic heterocycles. The van der Waals surface area contributed by atoms with Crippen LogP contribution in [0.15, 0.2) is 40.8 Å². The molecular formula is C17H18N2O6. The van der Waals surface area contributed by atoms with E-state index in [9.17, 15) is 14.9 Å². The molecule has 2 heterocycles. The molecule has 8 nitrogen and oxygen atoms in total. The number of benzene rings is 1. The lowest BCUT2D eigenvalue weighted by Gasteiger charge is -2.09. The second-order valence-corrected chi connectivity index (χ2v) is 5.62. The molecule has 1 saturated heterocycles. The maximum Gasteiger partial charge on any atom is 0.310 e. The maximum atomic E-state index is 12.0. The number of rotatable bonds is 7. The fraction of sp³-hybridized carbons (Fsp3) is 0.353. The van der Waals surface area contributed by atoms with Gasteiger partial charge >= 0.3 is 5.69 Å². The van der Waals surface area contributed by atoms with Crippen molar-refractivity contribution in [2.45, 2.75) is 25.6 Å². The predicted molar refractivity (Wildman–Crippen MR) is 87.4 cm³/mol. The monoisotopic (exact) mass is 346 g/mol. The topological polar surface area (TPSA) is 104 Å². The van der Waals surface area contributed by atoms with E-state index in [2.05, 4.69) is 5.32 Å². The highest BCUT2D eigenvalue weighted by atomic mass is 16.6. The van der Waals surface area contributed by atoms with Crippen LogP contribution in [0, 0.1) is 10.1 Å². The second kappa shape index (κ2) is 7.80. The normalized spacial score (nSPS) is 16.6. The molecule has 1 aromatic carbocycles. The van der Waals surface area contributed by atoms with Crippen LogP contribution in [0.1, 0.15) is 29.2 Å². The zero-order valence-electron chi connectivity index (χ0n) is 13.5. The lowest BCUT2D eigenvalue weighted by molar-refractivity contribution is -0.386. The van der Waals surface area contributed by atoms with Gasteiger partial charge in [-0.1, -0.05) is 12.1 Å². The minimum atomic E-state index is -0.512. The highest BCUT2D eigenvalue weighted by Gasteiger charge is 2.19. The fourth-order valence-electron chi connectivity index (χ4n) is 2.56. The third-order valence-corrected chi connectivity index (χ3v) is 3.83. The molecule has 0 spiro atoms. The maximum absolute atomic E-state index is 12.0. The molecule has 1 fully saturated rings. The van der Waals surface area contributed by atoms with Crippen molar-refractivity contribution >= 4 is 11.6 Å². The van der Waals surface area contributed by atoms with Crippen molar-refractivity contribution in [3.05, 3.63) is 58.0 Å². The summed E-state index contributed by atoms with van der Waals surface area (Å²) in [7, 11) is 0. The first kappa shape index (κ1) is 17.0. The number of carbonyl (C=O) groups excluding carboxylic acids is 1. The molecule has 132 valence electrons. The van der Waals surface area contributed by atoms with Crippen molar-refractivity contribution < 1.29 is 23.6 Å². The van der Waals surface area contributed by atoms with Gasteiger partial charge in [-0.2, -0.15) is 0 Å². The highest BCUT2D eigenvalue weighted by Crippen LogP contribution is 2.26. The number of nitrogens with one attached hydrogen (secondary N) is 1. The van der Waals surface area contributed by atoms with Crippen LogP contribution in [0.5, 0.6) is 5.75 Å². The van der Waals surface area contributed by atoms with Gasteiger partial charge in [0.15, 0.2) is 11.5 Å². The Bertz CT molecular complexity index is 751. The van der Waals surface area contributed by atoms with Crippen LogP contribution in [0.4, 0.5) is 5.69 Å². The zero-order valence-corrected chi connectivity index (χ0v) is 13.5. The van der Waals surface area contributed by atoms with Crippen LogP contribution in [0.2, 0.25) is 0 Å². The summed E-state index contributed by atoms with van der Waals surface area (Å²) in [6.45, 7) is 1.17. The molecule has 1 amide bonds. The van der Waals surface area contributed by atoms with Gasteiger partial charge in [0.2, 0.25) is 0 Å². The van der Waals surface area contributed by atoms with Crippen LogP contribution in [0.25, 0.3) is 0 Å². The molecule has 3 rings (SSSR count). The van der Waals surface area contributed by atoms with E-state index < -0.39 is 4.92 Å². The van der Waals surface area contributed by atoms with Crippen LogP contribution < -0.4 is 10.1 Å². The SMILES string of the molecule is O=C(NCC1CCCO1)c1ccc(COc2ccccc2[N+](=O)[O-])o1. The van der Waals surface area contributed by atoms with Crippen molar-refractivity contribution in [2.24, 2.45) is 0 Å². The predicted octanol–water partition coefficient (Wildman–Crippen LogP) is 2.68. The molecule has 2 aromatic rings. The smallest absolute Gasteiger partial charge is 0.310 e. The summed E-state index contributed by atoms with van der Waals surface area (Å²) >= 11 is 0. The Kier molecular flexibility index (Phi) is 5.30. The Labute approximate surface area is 143 Å². The van der Waals surface area contributed by atoms with Crippen LogP contribution in [0.3, 0.4) is 0 Å². The Morgan fingerprint density at radius 1 is 1.32 bits per heavy atom. The Hall–Kier alpha value is -2.87. The first-order valence-corrected chi connectivity index (χ1v) is 7.98. The first-order chi connectivity index (χ1) is 12.1. The molecule has 1 unspecified atom stereocenters. The fourth-order valence-corrected chi connectivity index (χ4v) is 2.56. The minimum absolute atomic E-state index is 0.0101. The number of ether oxygens (including phenoxy) is 2. The second-order valence-electron chi connectivity index (χ2n) is 5.62. The standard InChI is InChI=1S/C17H18N2O6/c20-17(18-10-12-4-3-9-23-12)16-8-7-13(25-16)11-24-15-6-2-1-5-14(15)19(21)22/h1-2,5-8,12H,3-4,9-11H2,(H,18,20). The summed E-state index contributed by atoms with van der Waals surface area (Å²) in [4.78, 5) is 22.5. The summed E-state index contributed by atoms with van der Waals surface area (Å²) in [6, 6.07) is 9.24. The summed E-state index contributed by atoms with van der Waals surface area (Å²) in [5.74, 6) is 0.389. The van der Waals surface area contributed by atoms with E-state index in [0.717, 1.165) is 19.4 Å². The molecule has 1 aliphatic heterocycles. The van der Waals surface area contributed by atoms with Gasteiger partial charge < -0.3 is 19.2 Å². The van der Waals surface area contributed by atoms with Crippen molar-refractivity contribution in [2.75, 3.05) is 13.2 Å². The molecule has 25 heavy (non-hydrogen) atoms. The molecule has 1 atom stereocenters. The summed E-state index contributed by atoms with van der Waals surface area (Å²) in [6.07, 6.45) is 2.00. The number of para-hydroxylation sites is 2. The average molecular weight is 346 g/mol. The highest BCUT2D eigenvalue weighted by molar-refractivity contribution is 5.91. The van der Waals surface area contributed by atoms with Gasteiger partial charge in [0, 0.05) is 19.2 Å². The van der Waals surface area contributed by atoms with Gasteiger partial charge in [0.25, 0.3) is 5.91 Å². The third kappa shape index (κ3) is 4.36. The minimum Gasteiger partial charge on any atom is -0.479 e. The lowest BCUT2D eigenvalue weighted by Crippen LogP contribution is -2.31. The lowest BCUT2D eigenvalue weighted by atomic mass is 10.2. The van der Waals surface area contributed by atoms with Crippen molar-refractivity contribution in [3.63, 3.8) is 0 Å². The Morgan fingerprint density at radius 2 is 2.16 bits per heavy atom. The molecule has 0 bridgehead atoms. The van der Waals surface area contributed by atoms with Crippen molar-refractivity contribution in [1.82, 2.24) is 5.32 Å². The number of nitro benzene ring substituents is 1. The quantitative estimate of drug-likeness (QED) is 0.610. The number of nitrogens with zero attached hydrogens (tertiary/aromatic N) is 1. The number of hydrogen-bond donors (Lipinski definition) is 1. The van der Waals surface area contributed by atoms with E-state index >= 15 is 0 Å².